The molecule has 0 bridgehead atoms. The summed E-state index contributed by atoms with van der Waals surface area (Å²) in [6.45, 7) is 0.882. The Hall–Kier alpha value is -4.27. The second-order valence-electron chi connectivity index (χ2n) is 8.04. The summed E-state index contributed by atoms with van der Waals surface area (Å²) >= 11 is 0. The van der Waals surface area contributed by atoms with Crippen LogP contribution in [0, 0.1) is 11.6 Å². The average molecular weight is 479 g/mol. The van der Waals surface area contributed by atoms with Gasteiger partial charge < -0.3 is 20.3 Å². The highest BCUT2D eigenvalue weighted by molar-refractivity contribution is 6.06. The standard InChI is InChI=1S/C26H23F2N3O4/c1-15(35-26(34)29-14-19-20(27)11-7-12-21(19)28)24(32)30-23-18-10-4-3-8-16(18)17-9-5-6-13-22(17)31(2)25(23)33/h3-13,15,23H,14H2,1-2H3,(H,29,34)(H,30,32)/t15?,23-/m0/s1. The maximum Gasteiger partial charge on any atom is 0.408 e. The number of benzene rings is 3. The molecule has 0 saturated heterocycles. The smallest absolute Gasteiger partial charge is 0.408 e. The van der Waals surface area contributed by atoms with Crippen LogP contribution in [-0.4, -0.2) is 31.1 Å². The summed E-state index contributed by atoms with van der Waals surface area (Å²) in [5.41, 5.74) is 2.62. The molecule has 180 valence electrons. The Balaban J connectivity index is 1.47. The molecular weight excluding hydrogens is 456 g/mol. The molecule has 1 aliphatic heterocycles. The third-order valence-electron chi connectivity index (χ3n) is 5.82. The van der Waals surface area contributed by atoms with Crippen LogP contribution >= 0.6 is 0 Å². The van der Waals surface area contributed by atoms with E-state index >= 15 is 0 Å². The van der Waals surface area contributed by atoms with Crippen LogP contribution in [0.3, 0.4) is 0 Å². The zero-order valence-electron chi connectivity index (χ0n) is 19.0. The van der Waals surface area contributed by atoms with Crippen molar-refractivity contribution in [2.45, 2.75) is 25.6 Å². The SMILES string of the molecule is CC(OC(=O)NCc1c(F)cccc1F)C(=O)N[C@@H]1C(=O)N(C)c2ccccc2-c2ccccc21. The van der Waals surface area contributed by atoms with Crippen molar-refractivity contribution < 1.29 is 27.9 Å². The van der Waals surface area contributed by atoms with E-state index in [2.05, 4.69) is 10.6 Å². The normalized spacial score (nSPS) is 15.4. The number of nitrogens with zero attached hydrogens (tertiary/aromatic N) is 1. The lowest BCUT2D eigenvalue weighted by Gasteiger charge is -2.24. The van der Waals surface area contributed by atoms with E-state index in [4.69, 9.17) is 4.74 Å². The molecule has 4 rings (SSSR count). The van der Waals surface area contributed by atoms with E-state index in [9.17, 15) is 23.2 Å². The van der Waals surface area contributed by atoms with Crippen molar-refractivity contribution in [2.24, 2.45) is 0 Å². The van der Waals surface area contributed by atoms with Crippen LogP contribution in [0.4, 0.5) is 19.3 Å². The molecule has 0 saturated carbocycles. The van der Waals surface area contributed by atoms with Crippen molar-refractivity contribution in [2.75, 3.05) is 11.9 Å². The van der Waals surface area contributed by atoms with Gasteiger partial charge in [0.2, 0.25) is 0 Å². The molecule has 3 amide bonds. The number of ether oxygens (including phenoxy) is 1. The van der Waals surface area contributed by atoms with Gasteiger partial charge in [-0.25, -0.2) is 13.6 Å². The first-order valence-corrected chi connectivity index (χ1v) is 10.9. The Bertz CT molecular complexity index is 1280. The van der Waals surface area contributed by atoms with Crippen LogP contribution in [0.1, 0.15) is 24.1 Å². The number of amides is 3. The second kappa shape index (κ2) is 9.92. The monoisotopic (exact) mass is 479 g/mol. The zero-order valence-corrected chi connectivity index (χ0v) is 19.0. The number of carbonyl (C=O) groups is 3. The predicted octanol–water partition coefficient (Wildman–Crippen LogP) is 4.08. The van der Waals surface area contributed by atoms with E-state index in [1.807, 2.05) is 36.4 Å². The fourth-order valence-corrected chi connectivity index (χ4v) is 3.95. The summed E-state index contributed by atoms with van der Waals surface area (Å²) in [5, 5.41) is 4.90. The van der Waals surface area contributed by atoms with Gasteiger partial charge in [0.25, 0.3) is 11.8 Å². The topological polar surface area (TPSA) is 87.7 Å². The van der Waals surface area contributed by atoms with Gasteiger partial charge in [-0.2, -0.15) is 0 Å². The molecule has 1 unspecified atom stereocenters. The molecule has 0 fully saturated rings. The first-order chi connectivity index (χ1) is 16.8. The number of fused-ring (bicyclic) bond motifs is 3. The minimum absolute atomic E-state index is 0.329. The molecule has 2 N–H and O–H groups in total. The van der Waals surface area contributed by atoms with Crippen LogP contribution in [0.5, 0.6) is 0 Å². The third-order valence-corrected chi connectivity index (χ3v) is 5.82. The molecule has 3 aromatic carbocycles. The van der Waals surface area contributed by atoms with Gasteiger partial charge in [-0.15, -0.1) is 0 Å². The van der Waals surface area contributed by atoms with Gasteiger partial charge >= 0.3 is 6.09 Å². The quantitative estimate of drug-likeness (QED) is 0.577. The van der Waals surface area contributed by atoms with Crippen LogP contribution in [-0.2, 0) is 20.9 Å². The number of carbonyl (C=O) groups excluding carboxylic acids is 3. The molecule has 7 nitrogen and oxygen atoms in total. The Morgan fingerprint density at radius 1 is 0.971 bits per heavy atom. The number of para-hydroxylation sites is 1. The van der Waals surface area contributed by atoms with Crippen molar-refractivity contribution in [1.82, 2.24) is 10.6 Å². The van der Waals surface area contributed by atoms with Crippen molar-refractivity contribution in [3.63, 3.8) is 0 Å². The highest BCUT2D eigenvalue weighted by Crippen LogP contribution is 2.39. The van der Waals surface area contributed by atoms with Gasteiger partial charge in [0.1, 0.15) is 17.7 Å². The fourth-order valence-electron chi connectivity index (χ4n) is 3.95. The molecule has 1 heterocycles. The summed E-state index contributed by atoms with van der Waals surface area (Å²) < 4.78 is 32.5. The predicted molar refractivity (Wildman–Crippen MR) is 125 cm³/mol. The maximum atomic E-state index is 13.7. The van der Waals surface area contributed by atoms with Gasteiger partial charge in [-0.3, -0.25) is 9.59 Å². The number of anilines is 1. The number of alkyl carbamates (subject to hydrolysis) is 1. The highest BCUT2D eigenvalue weighted by Gasteiger charge is 2.34. The lowest BCUT2D eigenvalue weighted by Crippen LogP contribution is -2.45. The van der Waals surface area contributed by atoms with E-state index in [1.165, 1.54) is 17.9 Å². The van der Waals surface area contributed by atoms with Gasteiger partial charge in [0.15, 0.2) is 6.10 Å². The van der Waals surface area contributed by atoms with Gasteiger partial charge in [0, 0.05) is 18.2 Å². The molecule has 0 spiro atoms. The number of hydrogen-bond donors (Lipinski definition) is 2. The molecular formula is C26H23F2N3O4. The number of hydrogen-bond acceptors (Lipinski definition) is 4. The van der Waals surface area contributed by atoms with Gasteiger partial charge in [-0.05, 0) is 36.2 Å². The summed E-state index contributed by atoms with van der Waals surface area (Å²) in [6.07, 6.45) is -2.32. The van der Waals surface area contributed by atoms with E-state index in [-0.39, 0.29) is 11.5 Å². The number of rotatable bonds is 5. The first kappa shape index (κ1) is 23.9. The van der Waals surface area contributed by atoms with Crippen LogP contribution in [0.15, 0.2) is 66.7 Å². The lowest BCUT2D eigenvalue weighted by atomic mass is 9.95. The van der Waals surface area contributed by atoms with Crippen molar-refractivity contribution in [3.05, 3.63) is 89.5 Å². The van der Waals surface area contributed by atoms with E-state index in [1.54, 1.807) is 19.2 Å². The Kier molecular flexibility index (Phi) is 6.77. The van der Waals surface area contributed by atoms with E-state index in [0.29, 0.717) is 11.3 Å². The van der Waals surface area contributed by atoms with Crippen molar-refractivity contribution >= 4 is 23.6 Å². The summed E-state index contributed by atoms with van der Waals surface area (Å²) in [7, 11) is 1.63. The maximum absolute atomic E-state index is 13.7. The zero-order chi connectivity index (χ0) is 25.1. The molecule has 0 radical (unpaired) electrons. The molecule has 0 aromatic heterocycles. The minimum Gasteiger partial charge on any atom is -0.436 e. The first-order valence-electron chi connectivity index (χ1n) is 10.9. The largest absolute Gasteiger partial charge is 0.436 e. The van der Waals surface area contributed by atoms with Gasteiger partial charge in [0.05, 0.1) is 12.2 Å². The molecule has 0 aliphatic carbocycles. The summed E-state index contributed by atoms with van der Waals surface area (Å²) in [6, 6.07) is 17.0. The Morgan fingerprint density at radius 3 is 2.31 bits per heavy atom. The molecule has 35 heavy (non-hydrogen) atoms. The highest BCUT2D eigenvalue weighted by atomic mass is 19.1. The van der Waals surface area contributed by atoms with E-state index in [0.717, 1.165) is 23.3 Å². The van der Waals surface area contributed by atoms with Crippen LogP contribution in [0.2, 0.25) is 0 Å². The second-order valence-corrected chi connectivity index (χ2v) is 8.04. The third kappa shape index (κ3) is 4.84. The van der Waals surface area contributed by atoms with Crippen LogP contribution < -0.4 is 15.5 Å². The fraction of sp³-hybridized carbons (Fsp3) is 0.192. The lowest BCUT2D eigenvalue weighted by molar-refractivity contribution is -0.132. The average Bonchev–Trinajstić information content (AvgIpc) is 2.93. The number of nitrogens with one attached hydrogen (secondary N) is 2. The van der Waals surface area contributed by atoms with Crippen molar-refractivity contribution in [1.29, 1.82) is 0 Å². The Labute approximate surface area is 200 Å². The minimum atomic E-state index is -1.28. The number of likely N-dealkylation sites (N-methyl/N-ethyl adjacent to an activating group) is 1. The molecule has 1 aliphatic rings. The Morgan fingerprint density at radius 2 is 1.60 bits per heavy atom. The molecule has 2 atom stereocenters. The molecule has 3 aromatic rings. The van der Waals surface area contributed by atoms with E-state index < -0.39 is 42.3 Å². The molecule has 9 heteroatoms. The van der Waals surface area contributed by atoms with Crippen molar-refractivity contribution in [3.8, 4) is 11.1 Å². The van der Waals surface area contributed by atoms with Gasteiger partial charge in [-0.1, -0.05) is 48.5 Å². The van der Waals surface area contributed by atoms with Crippen LogP contribution in [0.25, 0.3) is 11.1 Å². The summed E-state index contributed by atoms with van der Waals surface area (Å²) in [4.78, 5) is 39.8. The number of halogens is 2. The summed E-state index contributed by atoms with van der Waals surface area (Å²) in [5.74, 6) is -2.69.